The van der Waals surface area contributed by atoms with E-state index in [4.69, 9.17) is 11.6 Å². The molecular formula is C21H21ClN2O3S. The molecule has 0 amide bonds. The van der Waals surface area contributed by atoms with Crippen LogP contribution in [0.1, 0.15) is 29.4 Å². The van der Waals surface area contributed by atoms with E-state index in [1.807, 2.05) is 61.9 Å². The number of thiol groups is 1. The van der Waals surface area contributed by atoms with Crippen LogP contribution in [-0.4, -0.2) is 18.8 Å². The molecule has 0 aliphatic rings. The smallest absolute Gasteiger partial charge is 0.222 e. The van der Waals surface area contributed by atoms with Crippen molar-refractivity contribution in [2.75, 3.05) is 4.72 Å². The molecule has 3 aromatic rings. The van der Waals surface area contributed by atoms with Crippen LogP contribution in [0.4, 0.5) is 5.69 Å². The van der Waals surface area contributed by atoms with E-state index in [1.54, 1.807) is 12.1 Å². The van der Waals surface area contributed by atoms with Gasteiger partial charge in [0.15, 0.2) is 5.78 Å². The van der Waals surface area contributed by atoms with E-state index in [2.05, 4.69) is 4.72 Å². The van der Waals surface area contributed by atoms with E-state index in [-0.39, 0.29) is 5.78 Å². The second-order valence-corrected chi connectivity index (χ2v) is 7.66. The van der Waals surface area contributed by atoms with Crippen LogP contribution in [0.2, 0.25) is 5.02 Å². The number of ketones is 1. The van der Waals surface area contributed by atoms with Crippen LogP contribution in [0.3, 0.4) is 0 Å². The molecule has 0 unspecified atom stereocenters. The van der Waals surface area contributed by atoms with Crippen LogP contribution < -0.4 is 4.72 Å². The predicted octanol–water partition coefficient (Wildman–Crippen LogP) is 4.85. The summed E-state index contributed by atoms with van der Waals surface area (Å²) < 4.78 is 26.0. The molecule has 5 nitrogen and oxygen atoms in total. The monoisotopic (exact) mass is 416 g/mol. The molecule has 1 N–H and O–H groups in total. The number of hydrogen-bond acceptors (Lipinski definition) is 3. The summed E-state index contributed by atoms with van der Waals surface area (Å²) in [6.07, 6.45) is 0.390. The normalized spacial score (nSPS) is 11.0. The molecule has 1 aromatic heterocycles. The highest BCUT2D eigenvalue weighted by molar-refractivity contribution is 7.73. The molecule has 0 aliphatic carbocycles. The molecule has 1 heterocycles. The number of aromatic nitrogens is 1. The Kier molecular flexibility index (Phi) is 5.91. The quantitative estimate of drug-likeness (QED) is 0.445. The van der Waals surface area contributed by atoms with Gasteiger partial charge in [-0.2, -0.15) is 0 Å². The Bertz CT molecular complexity index is 1090. The number of halogens is 1. The molecule has 0 saturated heterocycles. The largest absolute Gasteiger partial charge is 0.340 e. The minimum absolute atomic E-state index is 0.0469. The van der Waals surface area contributed by atoms with Gasteiger partial charge in [0.25, 0.3) is 0 Å². The Balaban J connectivity index is 2.21. The fraction of sp³-hybridized carbons (Fsp3) is 0.190. The maximum Gasteiger partial charge on any atom is 0.222 e. The van der Waals surface area contributed by atoms with E-state index in [1.165, 1.54) is 0 Å². The lowest BCUT2D eigenvalue weighted by atomic mass is 9.97. The maximum absolute atomic E-state index is 12.8. The fourth-order valence-corrected chi connectivity index (χ4v) is 3.99. The molecular weight excluding hydrogens is 396 g/mol. The summed E-state index contributed by atoms with van der Waals surface area (Å²) in [5.41, 5.74) is 5.75. The third-order valence-electron chi connectivity index (χ3n) is 4.73. The molecule has 0 bridgehead atoms. The van der Waals surface area contributed by atoms with Gasteiger partial charge < -0.3 is 4.57 Å². The van der Waals surface area contributed by atoms with Crippen LogP contribution in [0.15, 0.2) is 48.5 Å². The molecule has 0 atom stereocenters. The third-order valence-corrected chi connectivity index (χ3v) is 5.43. The van der Waals surface area contributed by atoms with E-state index >= 15 is 0 Å². The lowest BCUT2D eigenvalue weighted by Gasteiger charge is -2.08. The standard InChI is InChI=1S/C21H21ClN2O3S/c1-4-18(25)21-19(14-7-11-17(12-8-14)23-28(26)27)13(2)20(24(21)3)15-5-9-16(22)10-6-15/h5-12,28H,4H2,1-3H3,(H,23,26,27). The van der Waals surface area contributed by atoms with Crippen molar-refractivity contribution in [3.8, 4) is 22.4 Å². The van der Waals surface area contributed by atoms with E-state index in [0.29, 0.717) is 22.8 Å². The van der Waals surface area contributed by atoms with Gasteiger partial charge in [-0.1, -0.05) is 42.8 Å². The minimum atomic E-state index is -2.72. The lowest BCUT2D eigenvalue weighted by molar-refractivity contribution is 0.0981. The summed E-state index contributed by atoms with van der Waals surface area (Å²) in [6, 6.07) is 14.6. The van der Waals surface area contributed by atoms with Crippen LogP contribution in [0.5, 0.6) is 0 Å². The molecule has 0 fully saturated rings. The number of Topliss-reactive ketones (excluding diaryl/α,β-unsaturated/α-hetero) is 1. The number of anilines is 1. The maximum atomic E-state index is 12.8. The van der Waals surface area contributed by atoms with Gasteiger partial charge in [0, 0.05) is 29.7 Å². The summed E-state index contributed by atoms with van der Waals surface area (Å²) in [5, 5.41) is 0.653. The molecule has 0 radical (unpaired) electrons. The van der Waals surface area contributed by atoms with Gasteiger partial charge in [0.2, 0.25) is 10.9 Å². The number of benzene rings is 2. The first-order chi connectivity index (χ1) is 13.3. The van der Waals surface area contributed by atoms with Crippen LogP contribution in [0, 0.1) is 6.92 Å². The molecule has 0 saturated carbocycles. The summed E-state index contributed by atoms with van der Waals surface area (Å²) in [5.74, 6) is 0.0469. The van der Waals surface area contributed by atoms with Crippen molar-refractivity contribution in [2.45, 2.75) is 20.3 Å². The van der Waals surface area contributed by atoms with E-state index in [0.717, 1.165) is 27.9 Å². The molecule has 2 aromatic carbocycles. The molecule has 28 heavy (non-hydrogen) atoms. The Morgan fingerprint density at radius 3 is 2.14 bits per heavy atom. The minimum Gasteiger partial charge on any atom is -0.340 e. The van der Waals surface area contributed by atoms with Gasteiger partial charge in [-0.05, 0) is 47.9 Å². The molecule has 146 valence electrons. The van der Waals surface area contributed by atoms with Crippen molar-refractivity contribution >= 4 is 34.0 Å². The van der Waals surface area contributed by atoms with Crippen LogP contribution in [-0.2, 0) is 17.9 Å². The zero-order valence-corrected chi connectivity index (χ0v) is 17.5. The first-order valence-electron chi connectivity index (χ1n) is 8.83. The average Bonchev–Trinajstić information content (AvgIpc) is 2.92. The topological polar surface area (TPSA) is 68.2 Å². The first kappa shape index (κ1) is 20.2. The SMILES string of the molecule is CCC(=O)c1c(-c2ccc(N[SH](=O)=O)cc2)c(C)c(-c2ccc(Cl)cc2)n1C. The number of carbonyl (C=O) groups excluding carboxylic acids is 1. The number of nitrogens with zero attached hydrogens (tertiary/aromatic N) is 1. The van der Waals surface area contributed by atoms with Gasteiger partial charge in [0.1, 0.15) is 0 Å². The van der Waals surface area contributed by atoms with E-state index in [9.17, 15) is 13.2 Å². The number of carbonyl (C=O) groups is 1. The van der Waals surface area contributed by atoms with Gasteiger partial charge in [-0.15, -0.1) is 0 Å². The Hall–Kier alpha value is -2.57. The Morgan fingerprint density at radius 1 is 1.04 bits per heavy atom. The Labute approximate surface area is 171 Å². The second-order valence-electron chi connectivity index (χ2n) is 6.49. The fourth-order valence-electron chi connectivity index (χ4n) is 3.51. The zero-order valence-electron chi connectivity index (χ0n) is 15.8. The van der Waals surface area contributed by atoms with Crippen molar-refractivity contribution in [3.63, 3.8) is 0 Å². The predicted molar refractivity (Wildman–Crippen MR) is 115 cm³/mol. The number of rotatable bonds is 6. The lowest BCUT2D eigenvalue weighted by Crippen LogP contribution is -2.07. The van der Waals surface area contributed by atoms with Crippen LogP contribution >= 0.6 is 11.6 Å². The van der Waals surface area contributed by atoms with Crippen molar-refractivity contribution in [1.29, 1.82) is 0 Å². The molecule has 7 heteroatoms. The van der Waals surface area contributed by atoms with Crippen LogP contribution in [0.25, 0.3) is 22.4 Å². The second kappa shape index (κ2) is 8.20. The highest BCUT2D eigenvalue weighted by atomic mass is 35.5. The van der Waals surface area contributed by atoms with Gasteiger partial charge in [-0.25, -0.2) is 8.42 Å². The molecule has 0 aliphatic heterocycles. The summed E-state index contributed by atoms with van der Waals surface area (Å²) in [6.45, 7) is 3.83. The highest BCUT2D eigenvalue weighted by Gasteiger charge is 2.24. The first-order valence-corrected chi connectivity index (χ1v) is 10.4. The third kappa shape index (κ3) is 3.84. The van der Waals surface area contributed by atoms with Gasteiger partial charge in [-0.3, -0.25) is 9.52 Å². The molecule has 0 spiro atoms. The average molecular weight is 417 g/mol. The summed E-state index contributed by atoms with van der Waals surface area (Å²) in [7, 11) is -0.829. The number of nitrogens with one attached hydrogen (secondary N) is 1. The van der Waals surface area contributed by atoms with Crippen molar-refractivity contribution < 1.29 is 13.2 Å². The zero-order chi connectivity index (χ0) is 20.4. The summed E-state index contributed by atoms with van der Waals surface area (Å²) in [4.78, 5) is 12.8. The van der Waals surface area contributed by atoms with Gasteiger partial charge in [0.05, 0.1) is 11.4 Å². The van der Waals surface area contributed by atoms with Gasteiger partial charge >= 0.3 is 0 Å². The van der Waals surface area contributed by atoms with Crippen molar-refractivity contribution in [1.82, 2.24) is 4.57 Å². The van der Waals surface area contributed by atoms with Crippen molar-refractivity contribution in [3.05, 3.63) is 64.8 Å². The Morgan fingerprint density at radius 2 is 1.61 bits per heavy atom. The highest BCUT2D eigenvalue weighted by Crippen LogP contribution is 2.38. The summed E-state index contributed by atoms with van der Waals surface area (Å²) >= 11 is 6.02. The van der Waals surface area contributed by atoms with E-state index < -0.39 is 10.9 Å². The molecule has 3 rings (SSSR count). The number of hydrogen-bond donors (Lipinski definition) is 2. The van der Waals surface area contributed by atoms with Crippen molar-refractivity contribution in [2.24, 2.45) is 7.05 Å².